The first-order valence-corrected chi connectivity index (χ1v) is 15.7. The van der Waals surface area contributed by atoms with Crippen molar-refractivity contribution in [3.05, 3.63) is 60.3 Å². The number of carbonyl (C=O) groups excluding carboxylic acids is 5. The molecular formula is C30H36N6O7S. The van der Waals surface area contributed by atoms with Gasteiger partial charge in [-0.3, -0.25) is 34.3 Å². The fourth-order valence-corrected chi connectivity index (χ4v) is 6.00. The van der Waals surface area contributed by atoms with Crippen molar-refractivity contribution in [3.63, 3.8) is 0 Å². The average molecular weight is 625 g/mol. The Hall–Kier alpha value is -4.56. The molecule has 1 aromatic heterocycles. The second-order valence-electron chi connectivity index (χ2n) is 11.0. The zero-order chi connectivity index (χ0) is 32.0. The van der Waals surface area contributed by atoms with Crippen molar-refractivity contribution in [2.45, 2.75) is 56.9 Å². The van der Waals surface area contributed by atoms with Gasteiger partial charge in [-0.05, 0) is 48.2 Å². The number of hydrogen-bond donors (Lipinski definition) is 5. The molecule has 2 atom stereocenters. The fraction of sp³-hybridized carbons (Fsp3) is 0.367. The van der Waals surface area contributed by atoms with Crippen LogP contribution in [0, 0.1) is 11.8 Å². The van der Waals surface area contributed by atoms with Gasteiger partial charge in [0.05, 0.1) is 10.6 Å². The zero-order valence-corrected chi connectivity index (χ0v) is 25.5. The highest BCUT2D eigenvalue weighted by molar-refractivity contribution is 7.89. The smallest absolute Gasteiger partial charge is 0.257 e. The Labute approximate surface area is 255 Å². The summed E-state index contributed by atoms with van der Waals surface area (Å²) in [7, 11) is -2.74. The Morgan fingerprint density at radius 1 is 0.955 bits per heavy atom. The second-order valence-corrected chi connectivity index (χ2v) is 12.7. The summed E-state index contributed by atoms with van der Waals surface area (Å²) in [5.74, 6) is -3.20. The van der Waals surface area contributed by atoms with Crippen LogP contribution >= 0.6 is 0 Å². The van der Waals surface area contributed by atoms with E-state index < -0.39 is 39.7 Å². The summed E-state index contributed by atoms with van der Waals surface area (Å²) in [4.78, 5) is 68.8. The van der Waals surface area contributed by atoms with Crippen molar-refractivity contribution in [1.29, 1.82) is 0 Å². The molecule has 44 heavy (non-hydrogen) atoms. The van der Waals surface area contributed by atoms with E-state index in [9.17, 15) is 32.4 Å². The number of amides is 5. The number of H-pyrrole nitrogens is 1. The monoisotopic (exact) mass is 624 g/mol. The standard InChI is InChI=1S/C30H36N6O7S/c1-18(2)14-19(29(40)33-25(30(41)31-3)15-20-17-32-24-7-5-4-6-23(20)24)16-26(37)34-35-44(42,43)22-10-8-21(9-11-22)36-27(38)12-13-28(36)39/h4-11,17-19,25,32,35H,12-16H2,1-3H3,(H,31,41)(H,33,40)(H,34,37)/t19-,25+/m1/s1. The lowest BCUT2D eigenvalue weighted by molar-refractivity contribution is -0.133. The minimum absolute atomic E-state index is 0.0233. The van der Waals surface area contributed by atoms with Crippen LogP contribution < -0.4 is 25.8 Å². The van der Waals surface area contributed by atoms with Crippen LogP contribution in [0.25, 0.3) is 10.9 Å². The number of aromatic nitrogens is 1. The van der Waals surface area contributed by atoms with Crippen LogP contribution in [0.3, 0.4) is 0 Å². The van der Waals surface area contributed by atoms with E-state index in [-0.39, 0.29) is 54.0 Å². The number of imide groups is 1. The molecule has 0 bridgehead atoms. The molecule has 1 aliphatic rings. The van der Waals surface area contributed by atoms with Gasteiger partial charge in [-0.25, -0.2) is 8.42 Å². The van der Waals surface area contributed by atoms with Crippen LogP contribution in [0.15, 0.2) is 59.6 Å². The Morgan fingerprint density at radius 2 is 1.61 bits per heavy atom. The molecule has 234 valence electrons. The normalized spacial score (nSPS) is 15.0. The molecule has 13 nitrogen and oxygen atoms in total. The number of fused-ring (bicyclic) bond motifs is 1. The highest BCUT2D eigenvalue weighted by atomic mass is 32.2. The highest BCUT2D eigenvalue weighted by Crippen LogP contribution is 2.24. The maximum Gasteiger partial charge on any atom is 0.257 e. The summed E-state index contributed by atoms with van der Waals surface area (Å²) >= 11 is 0. The summed E-state index contributed by atoms with van der Waals surface area (Å²) in [6.45, 7) is 3.77. The number of rotatable bonds is 13. The first-order chi connectivity index (χ1) is 20.9. The number of nitrogens with zero attached hydrogens (tertiary/aromatic N) is 1. The zero-order valence-electron chi connectivity index (χ0n) is 24.7. The van der Waals surface area contributed by atoms with Gasteiger partial charge < -0.3 is 15.6 Å². The molecule has 2 aromatic carbocycles. The molecule has 0 aliphatic carbocycles. The third-order valence-electron chi connectivity index (χ3n) is 7.32. The summed E-state index contributed by atoms with van der Waals surface area (Å²) in [6.07, 6.45) is 2.18. The maximum atomic E-state index is 13.4. The van der Waals surface area contributed by atoms with Gasteiger partial charge in [-0.15, -0.1) is 4.83 Å². The molecule has 14 heteroatoms. The largest absolute Gasteiger partial charge is 0.361 e. The number of benzene rings is 2. The Balaban J connectivity index is 1.39. The summed E-state index contributed by atoms with van der Waals surface area (Å²) in [6, 6.07) is 11.8. The molecular weight excluding hydrogens is 588 g/mol. The Bertz CT molecular complexity index is 1650. The lowest BCUT2D eigenvalue weighted by Crippen LogP contribution is -2.50. The third-order valence-corrected chi connectivity index (χ3v) is 8.58. The van der Waals surface area contributed by atoms with Crippen molar-refractivity contribution in [3.8, 4) is 0 Å². The van der Waals surface area contributed by atoms with Gasteiger partial charge in [0.25, 0.3) is 10.0 Å². The van der Waals surface area contributed by atoms with Crippen LogP contribution in [-0.4, -0.2) is 56.0 Å². The van der Waals surface area contributed by atoms with E-state index in [0.717, 1.165) is 21.4 Å². The number of aromatic amines is 1. The van der Waals surface area contributed by atoms with Crippen LogP contribution in [0.4, 0.5) is 5.69 Å². The Kier molecular flexibility index (Phi) is 10.2. The molecule has 2 heterocycles. The minimum Gasteiger partial charge on any atom is -0.361 e. The molecule has 0 spiro atoms. The van der Waals surface area contributed by atoms with Gasteiger partial charge in [0.15, 0.2) is 0 Å². The molecule has 0 radical (unpaired) electrons. The van der Waals surface area contributed by atoms with Gasteiger partial charge in [-0.1, -0.05) is 32.0 Å². The first-order valence-electron chi connectivity index (χ1n) is 14.2. The van der Waals surface area contributed by atoms with E-state index in [1.165, 1.54) is 31.3 Å². The molecule has 4 rings (SSSR count). The summed E-state index contributed by atoms with van der Waals surface area (Å²) in [5.41, 5.74) is 4.14. The van der Waals surface area contributed by atoms with E-state index in [2.05, 4.69) is 21.0 Å². The van der Waals surface area contributed by atoms with Gasteiger partial charge in [0, 0.05) is 55.7 Å². The molecule has 5 amide bonds. The highest BCUT2D eigenvalue weighted by Gasteiger charge is 2.31. The van der Waals surface area contributed by atoms with Crippen LogP contribution in [0.1, 0.15) is 45.1 Å². The van der Waals surface area contributed by atoms with Gasteiger partial charge in [-0.2, -0.15) is 0 Å². The van der Waals surface area contributed by atoms with Crippen molar-refractivity contribution >= 4 is 56.1 Å². The molecule has 1 fully saturated rings. The number of nitrogens with one attached hydrogen (secondary N) is 5. The SMILES string of the molecule is CNC(=O)[C@H](Cc1c[nH]c2ccccc12)NC(=O)[C@@H](CC(=O)NNS(=O)(=O)c1ccc(N2C(=O)CCC2=O)cc1)CC(C)C. The number of likely N-dealkylation sites (N-methyl/N-ethyl adjacent to an activating group) is 1. The van der Waals surface area contributed by atoms with Crippen molar-refractivity contribution in [2.75, 3.05) is 11.9 Å². The molecule has 5 N–H and O–H groups in total. The molecule has 0 saturated carbocycles. The van der Waals surface area contributed by atoms with Gasteiger partial charge in [0.2, 0.25) is 29.5 Å². The topological polar surface area (TPSA) is 187 Å². The molecule has 1 saturated heterocycles. The molecule has 1 aliphatic heterocycles. The lowest BCUT2D eigenvalue weighted by Gasteiger charge is -2.23. The lowest BCUT2D eigenvalue weighted by atomic mass is 9.92. The Morgan fingerprint density at radius 3 is 2.25 bits per heavy atom. The third kappa shape index (κ3) is 7.68. The predicted molar refractivity (Wildman–Crippen MR) is 162 cm³/mol. The van der Waals surface area contributed by atoms with Crippen molar-refractivity contribution in [1.82, 2.24) is 25.9 Å². The molecule has 0 unspecified atom stereocenters. The van der Waals surface area contributed by atoms with E-state index in [0.29, 0.717) is 6.42 Å². The fourth-order valence-electron chi connectivity index (χ4n) is 5.14. The van der Waals surface area contributed by atoms with Gasteiger partial charge in [0.1, 0.15) is 6.04 Å². The predicted octanol–water partition coefficient (Wildman–Crippen LogP) is 1.66. The number of para-hydroxylation sites is 1. The first kappa shape index (κ1) is 32.4. The maximum absolute atomic E-state index is 13.4. The van der Waals surface area contributed by atoms with Crippen LogP contribution in [0.2, 0.25) is 0 Å². The second kappa shape index (κ2) is 13.8. The summed E-state index contributed by atoms with van der Waals surface area (Å²) < 4.78 is 25.6. The number of hydrogen-bond acceptors (Lipinski definition) is 7. The molecule has 3 aromatic rings. The van der Waals surface area contributed by atoms with Crippen LogP contribution in [-0.2, 0) is 40.4 Å². The van der Waals surface area contributed by atoms with E-state index in [4.69, 9.17) is 0 Å². The average Bonchev–Trinajstić information content (AvgIpc) is 3.56. The summed E-state index contributed by atoms with van der Waals surface area (Å²) in [5, 5.41) is 6.28. The number of hydrazine groups is 1. The van der Waals surface area contributed by atoms with E-state index in [1.807, 2.05) is 42.9 Å². The van der Waals surface area contributed by atoms with E-state index >= 15 is 0 Å². The number of carbonyl (C=O) groups is 5. The quantitative estimate of drug-likeness (QED) is 0.141. The minimum atomic E-state index is -4.21. The van der Waals surface area contributed by atoms with Crippen molar-refractivity contribution < 1.29 is 32.4 Å². The van der Waals surface area contributed by atoms with Crippen molar-refractivity contribution in [2.24, 2.45) is 11.8 Å². The van der Waals surface area contributed by atoms with Gasteiger partial charge >= 0.3 is 0 Å². The number of sulfonamides is 1. The van der Waals surface area contributed by atoms with E-state index in [1.54, 1.807) is 6.20 Å². The van der Waals surface area contributed by atoms with Crippen LogP contribution in [0.5, 0.6) is 0 Å². The number of anilines is 1.